The summed E-state index contributed by atoms with van der Waals surface area (Å²) in [5, 5.41) is 9.13. The number of nitrogens with zero attached hydrogens (tertiary/aromatic N) is 2. The summed E-state index contributed by atoms with van der Waals surface area (Å²) in [6.07, 6.45) is -2.17. The molecule has 2 heterocycles. The quantitative estimate of drug-likeness (QED) is 0.709. The van der Waals surface area contributed by atoms with Crippen molar-refractivity contribution in [1.29, 1.82) is 0 Å². The molecule has 0 spiro atoms. The van der Waals surface area contributed by atoms with Crippen LogP contribution < -0.4 is 0 Å². The SMILES string of the molecule is Oc1cnc2c(C(F)(F)F)cccn12. The summed E-state index contributed by atoms with van der Waals surface area (Å²) in [6.45, 7) is 0. The van der Waals surface area contributed by atoms with E-state index in [-0.39, 0.29) is 11.5 Å². The molecule has 3 nitrogen and oxygen atoms in total. The van der Waals surface area contributed by atoms with Crippen molar-refractivity contribution >= 4 is 5.65 Å². The molecule has 6 heteroatoms. The second kappa shape index (κ2) is 2.63. The van der Waals surface area contributed by atoms with Crippen LogP contribution in [0.3, 0.4) is 0 Å². The number of aromatic hydroxyl groups is 1. The van der Waals surface area contributed by atoms with Crippen LogP contribution in [0.15, 0.2) is 24.5 Å². The Bertz CT molecular complexity index is 475. The van der Waals surface area contributed by atoms with Gasteiger partial charge < -0.3 is 5.11 Å². The number of hydrogen-bond donors (Lipinski definition) is 1. The molecule has 0 unspecified atom stereocenters. The van der Waals surface area contributed by atoms with Gasteiger partial charge in [-0.2, -0.15) is 13.2 Å². The highest BCUT2D eigenvalue weighted by Gasteiger charge is 2.33. The molecule has 0 aliphatic rings. The van der Waals surface area contributed by atoms with E-state index < -0.39 is 11.7 Å². The Morgan fingerprint density at radius 2 is 2.07 bits per heavy atom. The van der Waals surface area contributed by atoms with Crippen molar-refractivity contribution in [3.05, 3.63) is 30.1 Å². The molecule has 14 heavy (non-hydrogen) atoms. The Hall–Kier alpha value is -1.72. The number of imidazole rings is 1. The first-order valence-corrected chi connectivity index (χ1v) is 3.72. The highest BCUT2D eigenvalue weighted by molar-refractivity contribution is 5.51. The topological polar surface area (TPSA) is 37.5 Å². The van der Waals surface area contributed by atoms with E-state index in [1.165, 1.54) is 12.3 Å². The normalized spacial score (nSPS) is 12.2. The van der Waals surface area contributed by atoms with Crippen LogP contribution in [0.25, 0.3) is 5.65 Å². The van der Waals surface area contributed by atoms with Gasteiger partial charge in [-0.15, -0.1) is 0 Å². The van der Waals surface area contributed by atoms with Crippen LogP contribution in [0.1, 0.15) is 5.56 Å². The predicted octanol–water partition coefficient (Wildman–Crippen LogP) is 2.06. The highest BCUT2D eigenvalue weighted by atomic mass is 19.4. The van der Waals surface area contributed by atoms with Gasteiger partial charge in [-0.1, -0.05) is 0 Å². The van der Waals surface area contributed by atoms with Gasteiger partial charge in [0.25, 0.3) is 0 Å². The summed E-state index contributed by atoms with van der Waals surface area (Å²) < 4.78 is 38.2. The van der Waals surface area contributed by atoms with Crippen molar-refractivity contribution < 1.29 is 18.3 Å². The molecule has 2 aromatic rings. The van der Waals surface area contributed by atoms with E-state index in [4.69, 9.17) is 5.11 Å². The first kappa shape index (κ1) is 8.86. The molecular weight excluding hydrogens is 197 g/mol. The van der Waals surface area contributed by atoms with Crippen molar-refractivity contribution in [2.75, 3.05) is 0 Å². The molecule has 0 saturated carbocycles. The Balaban J connectivity index is 2.79. The summed E-state index contributed by atoms with van der Waals surface area (Å²) >= 11 is 0. The van der Waals surface area contributed by atoms with Gasteiger partial charge in [0.1, 0.15) is 0 Å². The van der Waals surface area contributed by atoms with Gasteiger partial charge in [0, 0.05) is 6.20 Å². The van der Waals surface area contributed by atoms with Gasteiger partial charge >= 0.3 is 6.18 Å². The molecule has 0 aromatic carbocycles. The fourth-order valence-corrected chi connectivity index (χ4v) is 1.22. The number of pyridine rings is 1. The van der Waals surface area contributed by atoms with E-state index in [1.807, 2.05) is 0 Å². The van der Waals surface area contributed by atoms with Crippen molar-refractivity contribution in [3.8, 4) is 5.88 Å². The third kappa shape index (κ3) is 1.19. The van der Waals surface area contributed by atoms with Gasteiger partial charge in [0.2, 0.25) is 5.88 Å². The lowest BCUT2D eigenvalue weighted by molar-refractivity contribution is -0.136. The first-order chi connectivity index (χ1) is 6.50. The van der Waals surface area contributed by atoms with E-state index >= 15 is 0 Å². The predicted molar refractivity (Wildman–Crippen MR) is 41.9 cm³/mol. The van der Waals surface area contributed by atoms with Crippen molar-refractivity contribution in [3.63, 3.8) is 0 Å². The molecule has 0 fully saturated rings. The van der Waals surface area contributed by atoms with Crippen molar-refractivity contribution in [2.45, 2.75) is 6.18 Å². The van der Waals surface area contributed by atoms with Crippen molar-refractivity contribution in [2.24, 2.45) is 0 Å². The summed E-state index contributed by atoms with van der Waals surface area (Å²) in [5.74, 6) is -0.314. The third-order valence-electron chi connectivity index (χ3n) is 1.82. The summed E-state index contributed by atoms with van der Waals surface area (Å²) in [4.78, 5) is 3.48. The maximum absolute atomic E-state index is 12.4. The largest absolute Gasteiger partial charge is 0.493 e. The number of halogens is 3. The fraction of sp³-hybridized carbons (Fsp3) is 0.125. The first-order valence-electron chi connectivity index (χ1n) is 3.72. The summed E-state index contributed by atoms with van der Waals surface area (Å²) in [5.41, 5.74) is -1.15. The molecule has 2 aromatic heterocycles. The van der Waals surface area contributed by atoms with Gasteiger partial charge in [0.05, 0.1) is 11.8 Å². The lowest BCUT2D eigenvalue weighted by atomic mass is 10.2. The van der Waals surface area contributed by atoms with Crippen LogP contribution in [0.5, 0.6) is 5.88 Å². The molecule has 1 N–H and O–H groups in total. The maximum Gasteiger partial charge on any atom is 0.419 e. The fourth-order valence-electron chi connectivity index (χ4n) is 1.22. The molecule has 0 radical (unpaired) electrons. The molecule has 74 valence electrons. The zero-order chi connectivity index (χ0) is 10.3. The van der Waals surface area contributed by atoms with E-state index in [2.05, 4.69) is 4.98 Å². The summed E-state index contributed by atoms with van der Waals surface area (Å²) in [6, 6.07) is 2.12. The van der Waals surface area contributed by atoms with E-state index in [1.54, 1.807) is 0 Å². The zero-order valence-corrected chi connectivity index (χ0v) is 6.78. The Labute approximate surface area is 76.4 Å². The van der Waals surface area contributed by atoms with Crippen LogP contribution in [-0.4, -0.2) is 14.5 Å². The van der Waals surface area contributed by atoms with Gasteiger partial charge in [-0.3, -0.25) is 4.40 Å². The van der Waals surface area contributed by atoms with Gasteiger partial charge in [0.15, 0.2) is 5.65 Å². The number of rotatable bonds is 0. The molecule has 0 saturated heterocycles. The smallest absolute Gasteiger partial charge is 0.419 e. The van der Waals surface area contributed by atoms with E-state index in [0.29, 0.717) is 0 Å². The van der Waals surface area contributed by atoms with Crippen LogP contribution in [0.2, 0.25) is 0 Å². The van der Waals surface area contributed by atoms with Crippen molar-refractivity contribution in [1.82, 2.24) is 9.38 Å². The third-order valence-corrected chi connectivity index (χ3v) is 1.82. The maximum atomic E-state index is 12.4. The lowest BCUT2D eigenvalue weighted by Gasteiger charge is -2.07. The molecular formula is C8H5F3N2O. The zero-order valence-electron chi connectivity index (χ0n) is 6.78. The van der Waals surface area contributed by atoms with Crippen LogP contribution in [-0.2, 0) is 6.18 Å². The summed E-state index contributed by atoms with van der Waals surface area (Å²) in [7, 11) is 0. The van der Waals surface area contributed by atoms with Crippen LogP contribution in [0, 0.1) is 0 Å². The Morgan fingerprint density at radius 1 is 1.36 bits per heavy atom. The molecule has 0 aliphatic carbocycles. The minimum atomic E-state index is -4.46. The number of alkyl halides is 3. The van der Waals surface area contributed by atoms with E-state index in [0.717, 1.165) is 16.7 Å². The van der Waals surface area contributed by atoms with Crippen LogP contribution >= 0.6 is 0 Å². The Morgan fingerprint density at radius 3 is 2.71 bits per heavy atom. The monoisotopic (exact) mass is 202 g/mol. The Kier molecular flexibility index (Phi) is 1.67. The van der Waals surface area contributed by atoms with Crippen LogP contribution in [0.4, 0.5) is 13.2 Å². The number of fused-ring (bicyclic) bond motifs is 1. The molecule has 0 atom stereocenters. The number of hydrogen-bond acceptors (Lipinski definition) is 2. The average Bonchev–Trinajstić information content (AvgIpc) is 2.46. The molecule has 2 rings (SSSR count). The molecule has 0 bridgehead atoms. The minimum absolute atomic E-state index is 0.294. The molecule has 0 aliphatic heterocycles. The molecule has 0 amide bonds. The lowest BCUT2D eigenvalue weighted by Crippen LogP contribution is -2.07. The average molecular weight is 202 g/mol. The second-order valence-corrected chi connectivity index (χ2v) is 2.73. The van der Waals surface area contributed by atoms with Gasteiger partial charge in [-0.05, 0) is 12.1 Å². The number of aromatic nitrogens is 2. The highest BCUT2D eigenvalue weighted by Crippen LogP contribution is 2.32. The minimum Gasteiger partial charge on any atom is -0.493 e. The van der Waals surface area contributed by atoms with Gasteiger partial charge in [-0.25, -0.2) is 4.98 Å². The standard InChI is InChI=1S/C8H5F3N2O/c9-8(10,11)5-2-1-3-13-6(14)4-12-7(5)13/h1-4,14H. The second-order valence-electron chi connectivity index (χ2n) is 2.73. The van der Waals surface area contributed by atoms with E-state index in [9.17, 15) is 13.2 Å².